The lowest BCUT2D eigenvalue weighted by Gasteiger charge is -2.25. The van der Waals surface area contributed by atoms with Gasteiger partial charge >= 0.3 is 0 Å². The number of hydrogen-bond donors (Lipinski definition) is 1. The molecule has 3 aromatic carbocycles. The van der Waals surface area contributed by atoms with E-state index in [9.17, 15) is 14.7 Å². The van der Waals surface area contributed by atoms with Crippen LogP contribution < -0.4 is 14.4 Å². The van der Waals surface area contributed by atoms with Gasteiger partial charge in [-0.05, 0) is 67.9 Å². The van der Waals surface area contributed by atoms with Gasteiger partial charge in [-0.3, -0.25) is 14.5 Å². The number of aliphatic hydroxyl groups is 1. The summed E-state index contributed by atoms with van der Waals surface area (Å²) in [5, 5.41) is 11.2. The van der Waals surface area contributed by atoms with Crippen LogP contribution in [0.25, 0.3) is 5.76 Å². The Morgan fingerprint density at radius 1 is 0.909 bits per heavy atom. The van der Waals surface area contributed by atoms with E-state index in [0.717, 1.165) is 5.56 Å². The molecule has 1 heterocycles. The predicted octanol–water partition coefficient (Wildman–Crippen LogP) is 5.03. The number of nitrogens with zero attached hydrogens (tertiary/aromatic N) is 1. The minimum atomic E-state index is -0.787. The molecule has 0 aliphatic carbocycles. The van der Waals surface area contributed by atoms with Crippen LogP contribution in [0.1, 0.15) is 29.7 Å². The number of anilines is 1. The average Bonchev–Trinajstić information content (AvgIpc) is 3.10. The number of ether oxygens (including phenoxy) is 2. The maximum Gasteiger partial charge on any atom is 0.300 e. The summed E-state index contributed by atoms with van der Waals surface area (Å²) in [6.07, 6.45) is 0. The number of carbonyl (C=O) groups is 2. The molecule has 0 radical (unpaired) electrons. The molecule has 0 bridgehead atoms. The zero-order valence-corrected chi connectivity index (χ0v) is 18.7. The van der Waals surface area contributed by atoms with Gasteiger partial charge in [-0.25, -0.2) is 0 Å². The number of aliphatic hydroxyl groups excluding tert-OH is 1. The molecule has 33 heavy (non-hydrogen) atoms. The van der Waals surface area contributed by atoms with Crippen LogP contribution in [0.15, 0.2) is 78.4 Å². The first kappa shape index (κ1) is 22.1. The number of aryl methyl sites for hydroxylation is 1. The summed E-state index contributed by atoms with van der Waals surface area (Å²) in [5.74, 6) is -0.349. The van der Waals surface area contributed by atoms with Gasteiger partial charge in [0, 0.05) is 11.3 Å². The molecule has 3 aromatic rings. The largest absolute Gasteiger partial charge is 0.507 e. The third-order valence-corrected chi connectivity index (χ3v) is 5.63. The Labute approximate surface area is 192 Å². The second-order valence-electron chi connectivity index (χ2n) is 7.74. The maximum atomic E-state index is 13.2. The summed E-state index contributed by atoms with van der Waals surface area (Å²) in [6.45, 7) is 4.37. The van der Waals surface area contributed by atoms with Gasteiger partial charge < -0.3 is 14.6 Å². The van der Waals surface area contributed by atoms with E-state index in [1.807, 2.05) is 38.1 Å². The Morgan fingerprint density at radius 3 is 2.09 bits per heavy atom. The van der Waals surface area contributed by atoms with Gasteiger partial charge in [0.1, 0.15) is 17.3 Å². The Balaban J connectivity index is 1.88. The van der Waals surface area contributed by atoms with Crippen LogP contribution >= 0.6 is 0 Å². The normalized spacial score (nSPS) is 17.3. The van der Waals surface area contributed by atoms with Crippen LogP contribution in [0, 0.1) is 6.92 Å². The number of methoxy groups -OCH3 is 1. The summed E-state index contributed by atoms with van der Waals surface area (Å²) in [4.78, 5) is 27.8. The van der Waals surface area contributed by atoms with E-state index in [1.54, 1.807) is 55.6 Å². The second-order valence-corrected chi connectivity index (χ2v) is 7.74. The minimum absolute atomic E-state index is 0.0369. The highest BCUT2D eigenvalue weighted by Crippen LogP contribution is 2.42. The van der Waals surface area contributed by atoms with E-state index >= 15 is 0 Å². The van der Waals surface area contributed by atoms with Crippen LogP contribution in [0.3, 0.4) is 0 Å². The minimum Gasteiger partial charge on any atom is -0.507 e. The molecule has 0 aromatic heterocycles. The lowest BCUT2D eigenvalue weighted by Crippen LogP contribution is -2.29. The number of carbonyl (C=O) groups excluding carboxylic acids is 2. The molecule has 1 saturated heterocycles. The molecule has 0 spiro atoms. The molecule has 1 atom stereocenters. The lowest BCUT2D eigenvalue weighted by atomic mass is 9.95. The molecule has 1 unspecified atom stereocenters. The van der Waals surface area contributed by atoms with Gasteiger partial charge in [0.15, 0.2) is 0 Å². The van der Waals surface area contributed by atoms with E-state index in [0.29, 0.717) is 34.9 Å². The van der Waals surface area contributed by atoms with Gasteiger partial charge in [0.25, 0.3) is 11.7 Å². The Kier molecular flexibility index (Phi) is 6.18. The number of hydrogen-bond acceptors (Lipinski definition) is 5. The van der Waals surface area contributed by atoms with Crippen molar-refractivity contribution in [3.63, 3.8) is 0 Å². The summed E-state index contributed by atoms with van der Waals surface area (Å²) in [7, 11) is 1.55. The molecular weight excluding hydrogens is 418 g/mol. The van der Waals surface area contributed by atoms with Crippen molar-refractivity contribution in [1.29, 1.82) is 0 Å². The monoisotopic (exact) mass is 443 g/mol. The van der Waals surface area contributed by atoms with Gasteiger partial charge in [-0.1, -0.05) is 29.8 Å². The van der Waals surface area contributed by atoms with Crippen molar-refractivity contribution in [3.8, 4) is 11.5 Å². The highest BCUT2D eigenvalue weighted by Gasteiger charge is 2.46. The molecule has 1 aliphatic rings. The highest BCUT2D eigenvalue weighted by molar-refractivity contribution is 6.51. The van der Waals surface area contributed by atoms with Crippen molar-refractivity contribution in [2.45, 2.75) is 19.9 Å². The summed E-state index contributed by atoms with van der Waals surface area (Å²) < 4.78 is 10.7. The van der Waals surface area contributed by atoms with E-state index < -0.39 is 17.7 Å². The molecule has 6 heteroatoms. The van der Waals surface area contributed by atoms with Crippen LogP contribution in [-0.4, -0.2) is 30.5 Å². The number of Topliss-reactive ketones (excluding diaryl/α,β-unsaturated/α-hetero) is 1. The Morgan fingerprint density at radius 2 is 1.52 bits per heavy atom. The molecule has 0 saturated carbocycles. The third-order valence-electron chi connectivity index (χ3n) is 5.63. The molecule has 1 fully saturated rings. The average molecular weight is 443 g/mol. The van der Waals surface area contributed by atoms with Crippen molar-refractivity contribution < 1.29 is 24.2 Å². The number of amides is 1. The van der Waals surface area contributed by atoms with E-state index in [1.165, 1.54) is 4.90 Å². The maximum absolute atomic E-state index is 13.2. The predicted molar refractivity (Wildman–Crippen MR) is 127 cm³/mol. The standard InChI is InChI=1S/C27H25NO5/c1-4-33-22-15-7-18(8-16-22)24-23(25(29)19-9-13-21(32-3)14-10-19)26(30)27(31)28(24)20-11-5-17(2)6-12-20/h5-16,24,29H,4H2,1-3H3/b25-23+. The fraction of sp³-hybridized carbons (Fsp3) is 0.185. The quantitative estimate of drug-likeness (QED) is 0.329. The Hall–Kier alpha value is -4.06. The molecule has 1 aliphatic heterocycles. The molecule has 6 nitrogen and oxygen atoms in total. The van der Waals surface area contributed by atoms with Crippen molar-refractivity contribution >= 4 is 23.1 Å². The number of rotatable bonds is 6. The van der Waals surface area contributed by atoms with Crippen molar-refractivity contribution in [3.05, 3.63) is 95.1 Å². The highest BCUT2D eigenvalue weighted by atomic mass is 16.5. The van der Waals surface area contributed by atoms with Crippen LogP contribution in [-0.2, 0) is 9.59 Å². The molecule has 168 valence electrons. The number of ketones is 1. The third kappa shape index (κ3) is 4.20. The first-order valence-electron chi connectivity index (χ1n) is 10.7. The molecular formula is C27H25NO5. The van der Waals surface area contributed by atoms with Gasteiger partial charge in [0.05, 0.1) is 25.3 Å². The van der Waals surface area contributed by atoms with E-state index in [-0.39, 0.29) is 11.3 Å². The first-order valence-corrected chi connectivity index (χ1v) is 10.7. The smallest absolute Gasteiger partial charge is 0.300 e. The second kappa shape index (κ2) is 9.20. The van der Waals surface area contributed by atoms with Crippen molar-refractivity contribution in [2.75, 3.05) is 18.6 Å². The van der Waals surface area contributed by atoms with Crippen LogP contribution in [0.5, 0.6) is 11.5 Å². The molecule has 1 amide bonds. The molecule has 1 N–H and O–H groups in total. The summed E-state index contributed by atoms with van der Waals surface area (Å²) in [6, 6.07) is 20.5. The zero-order valence-electron chi connectivity index (χ0n) is 18.7. The van der Waals surface area contributed by atoms with Crippen molar-refractivity contribution in [1.82, 2.24) is 0 Å². The fourth-order valence-electron chi connectivity index (χ4n) is 3.94. The SMILES string of the molecule is CCOc1ccc(C2/C(=C(\O)c3ccc(OC)cc3)C(=O)C(=O)N2c2ccc(C)cc2)cc1. The van der Waals surface area contributed by atoms with Crippen LogP contribution in [0.2, 0.25) is 0 Å². The van der Waals surface area contributed by atoms with Crippen molar-refractivity contribution in [2.24, 2.45) is 0 Å². The zero-order chi connectivity index (χ0) is 23.5. The van der Waals surface area contributed by atoms with Gasteiger partial charge in [-0.2, -0.15) is 0 Å². The van der Waals surface area contributed by atoms with E-state index in [4.69, 9.17) is 9.47 Å². The van der Waals surface area contributed by atoms with Gasteiger partial charge in [-0.15, -0.1) is 0 Å². The Bertz CT molecular complexity index is 1190. The van der Waals surface area contributed by atoms with E-state index in [2.05, 4.69) is 0 Å². The summed E-state index contributed by atoms with van der Waals surface area (Å²) in [5.41, 5.74) is 2.76. The first-order chi connectivity index (χ1) is 15.9. The fourth-order valence-corrected chi connectivity index (χ4v) is 3.94. The number of benzene rings is 3. The topological polar surface area (TPSA) is 76.1 Å². The molecule has 4 rings (SSSR count). The van der Waals surface area contributed by atoms with Gasteiger partial charge in [0.2, 0.25) is 0 Å². The van der Waals surface area contributed by atoms with Crippen LogP contribution in [0.4, 0.5) is 5.69 Å². The summed E-state index contributed by atoms with van der Waals surface area (Å²) >= 11 is 0. The lowest BCUT2D eigenvalue weighted by molar-refractivity contribution is -0.132.